The van der Waals surface area contributed by atoms with Gasteiger partial charge in [-0.05, 0) is 12.1 Å². The number of methoxy groups -OCH3 is 2. The number of hydrogen-bond acceptors (Lipinski definition) is 8. The van der Waals surface area contributed by atoms with Crippen molar-refractivity contribution in [2.45, 2.75) is 42.7 Å². The van der Waals surface area contributed by atoms with E-state index in [4.69, 9.17) is 18.9 Å². The van der Waals surface area contributed by atoms with Crippen LogP contribution in [-0.4, -0.2) is 64.5 Å². The molecule has 9 nitrogen and oxygen atoms in total. The van der Waals surface area contributed by atoms with Crippen LogP contribution in [0.1, 0.15) is 19.4 Å². The Labute approximate surface area is 180 Å². The highest BCUT2D eigenvalue weighted by Gasteiger charge is 2.49. The van der Waals surface area contributed by atoms with Crippen molar-refractivity contribution in [1.29, 1.82) is 0 Å². The fourth-order valence-electron chi connectivity index (χ4n) is 3.38. The average Bonchev–Trinajstić information content (AvgIpc) is 3.19. The van der Waals surface area contributed by atoms with Crippen LogP contribution in [0.5, 0.6) is 0 Å². The molecule has 1 aliphatic heterocycles. The van der Waals surface area contributed by atoms with Gasteiger partial charge in [-0.2, -0.15) is 0 Å². The molecule has 0 spiro atoms. The molecule has 2 heterocycles. The van der Waals surface area contributed by atoms with Gasteiger partial charge < -0.3 is 18.9 Å². The summed E-state index contributed by atoms with van der Waals surface area (Å²) in [5.74, 6) is -1.48. The van der Waals surface area contributed by atoms with Gasteiger partial charge in [0.25, 0.3) is 0 Å². The Bertz CT molecular complexity index is 910. The number of halogens is 2. The third kappa shape index (κ3) is 4.85. The highest BCUT2D eigenvalue weighted by Crippen LogP contribution is 2.37. The molecule has 0 radical (unpaired) electrons. The zero-order chi connectivity index (χ0) is 21.8. The maximum absolute atomic E-state index is 13.6. The van der Waals surface area contributed by atoms with Gasteiger partial charge in [-0.15, -0.1) is 5.10 Å². The van der Waals surface area contributed by atoms with E-state index in [0.717, 1.165) is 0 Å². The molecule has 5 atom stereocenters. The van der Waals surface area contributed by atoms with E-state index in [9.17, 15) is 14.0 Å². The van der Waals surface area contributed by atoms with E-state index in [2.05, 4.69) is 26.2 Å². The predicted molar refractivity (Wildman–Crippen MR) is 105 cm³/mol. The summed E-state index contributed by atoms with van der Waals surface area (Å²) in [5.41, 5.74) is 0.959. The third-order valence-corrected chi connectivity index (χ3v) is 5.45. The largest absolute Gasteiger partial charge is 0.469 e. The Morgan fingerprint density at radius 3 is 2.70 bits per heavy atom. The standard InChI is InChI=1S/C19H21BrFN3O6/c1-10(25)29-17-14(8-15(26)27-2)30-19(20)18(28-3)16(17)24-9-13(22-23-24)11-5-4-6-12(21)7-11/h4-7,9,14,16-19H,8H2,1-3H3/t14-,16+,17+,18-,19+/m1/s1. The van der Waals surface area contributed by atoms with Crippen LogP contribution in [0, 0.1) is 5.82 Å². The molecule has 3 rings (SSSR count). The minimum absolute atomic E-state index is 0.144. The molecule has 0 unspecified atom stereocenters. The number of esters is 2. The lowest BCUT2D eigenvalue weighted by Crippen LogP contribution is -2.55. The maximum atomic E-state index is 13.6. The van der Waals surface area contributed by atoms with Gasteiger partial charge in [-0.1, -0.05) is 33.3 Å². The van der Waals surface area contributed by atoms with Crippen LogP contribution in [0.4, 0.5) is 4.39 Å². The van der Waals surface area contributed by atoms with E-state index in [1.165, 1.54) is 38.0 Å². The molecule has 0 saturated carbocycles. The molecule has 0 amide bonds. The summed E-state index contributed by atoms with van der Waals surface area (Å²) in [6.45, 7) is 1.26. The number of alkyl halides is 1. The molecule has 162 valence electrons. The van der Waals surface area contributed by atoms with E-state index >= 15 is 0 Å². The molecule has 0 bridgehead atoms. The second kappa shape index (κ2) is 9.63. The van der Waals surface area contributed by atoms with Crippen molar-refractivity contribution in [1.82, 2.24) is 15.0 Å². The third-order valence-electron chi connectivity index (χ3n) is 4.71. The van der Waals surface area contributed by atoms with Gasteiger partial charge in [0.1, 0.15) is 34.8 Å². The molecular formula is C19H21BrFN3O6. The zero-order valence-corrected chi connectivity index (χ0v) is 18.1. The molecule has 1 aromatic heterocycles. The topological polar surface area (TPSA) is 102 Å². The summed E-state index contributed by atoms with van der Waals surface area (Å²) < 4.78 is 36.7. The van der Waals surface area contributed by atoms with Gasteiger partial charge in [0.05, 0.1) is 19.7 Å². The zero-order valence-electron chi connectivity index (χ0n) is 16.5. The highest BCUT2D eigenvalue weighted by molar-refractivity contribution is 9.09. The van der Waals surface area contributed by atoms with Crippen molar-refractivity contribution in [2.75, 3.05) is 14.2 Å². The number of rotatable bonds is 6. The van der Waals surface area contributed by atoms with Gasteiger partial charge >= 0.3 is 11.9 Å². The fourth-order valence-corrected chi connectivity index (χ4v) is 4.19. The first-order chi connectivity index (χ1) is 14.3. The van der Waals surface area contributed by atoms with Crippen LogP contribution >= 0.6 is 15.9 Å². The monoisotopic (exact) mass is 485 g/mol. The van der Waals surface area contributed by atoms with Gasteiger partial charge in [0, 0.05) is 19.6 Å². The summed E-state index contributed by atoms with van der Waals surface area (Å²) in [5, 5.41) is 7.64. The van der Waals surface area contributed by atoms with E-state index in [1.807, 2.05) is 0 Å². The Balaban J connectivity index is 2.00. The summed E-state index contributed by atoms with van der Waals surface area (Å²) in [7, 11) is 2.74. The van der Waals surface area contributed by atoms with Crippen LogP contribution in [0.15, 0.2) is 30.5 Å². The fraction of sp³-hybridized carbons (Fsp3) is 0.474. The summed E-state index contributed by atoms with van der Waals surface area (Å²) >= 11 is 3.41. The Hall–Kier alpha value is -2.37. The number of ether oxygens (including phenoxy) is 4. The molecule has 0 N–H and O–H groups in total. The number of aromatic nitrogens is 3. The second-order valence-corrected chi connectivity index (χ2v) is 7.57. The van der Waals surface area contributed by atoms with Crippen molar-refractivity contribution in [3.8, 4) is 11.3 Å². The minimum Gasteiger partial charge on any atom is -0.469 e. The van der Waals surface area contributed by atoms with Gasteiger partial charge in [-0.25, -0.2) is 9.07 Å². The lowest BCUT2D eigenvalue weighted by molar-refractivity contribution is -0.201. The van der Waals surface area contributed by atoms with E-state index < -0.39 is 47.1 Å². The van der Waals surface area contributed by atoms with Crippen molar-refractivity contribution in [2.24, 2.45) is 0 Å². The molecule has 1 saturated heterocycles. The van der Waals surface area contributed by atoms with Crippen LogP contribution in [0.3, 0.4) is 0 Å². The van der Waals surface area contributed by atoms with E-state index in [0.29, 0.717) is 11.3 Å². The second-order valence-electron chi connectivity index (χ2n) is 6.67. The number of carbonyl (C=O) groups is 2. The van der Waals surface area contributed by atoms with E-state index in [1.54, 1.807) is 18.3 Å². The van der Waals surface area contributed by atoms with E-state index in [-0.39, 0.29) is 6.42 Å². The smallest absolute Gasteiger partial charge is 0.308 e. The molecule has 2 aromatic rings. The number of nitrogens with zero attached hydrogens (tertiary/aromatic N) is 3. The van der Waals surface area contributed by atoms with Crippen LogP contribution in [0.25, 0.3) is 11.3 Å². The number of carbonyl (C=O) groups excluding carboxylic acids is 2. The minimum atomic E-state index is -0.914. The van der Waals surface area contributed by atoms with Crippen molar-refractivity contribution in [3.05, 3.63) is 36.3 Å². The summed E-state index contributed by atoms with van der Waals surface area (Å²) in [6.07, 6.45) is -0.909. The molecule has 1 aliphatic rings. The first kappa shape index (κ1) is 22.3. The molecule has 0 aliphatic carbocycles. The average molecular weight is 486 g/mol. The lowest BCUT2D eigenvalue weighted by atomic mass is 9.94. The lowest BCUT2D eigenvalue weighted by Gasteiger charge is -2.43. The Morgan fingerprint density at radius 2 is 2.07 bits per heavy atom. The van der Waals surface area contributed by atoms with Crippen molar-refractivity contribution >= 4 is 27.9 Å². The summed E-state index contributed by atoms with van der Waals surface area (Å²) in [6, 6.07) is 5.26. The normalized spacial score (nSPS) is 26.2. The quantitative estimate of drug-likeness (QED) is 0.453. The number of hydrogen-bond donors (Lipinski definition) is 0. The molecule has 1 aromatic carbocycles. The highest BCUT2D eigenvalue weighted by atomic mass is 79.9. The van der Waals surface area contributed by atoms with Gasteiger partial charge in [0.15, 0.2) is 6.10 Å². The van der Waals surface area contributed by atoms with Gasteiger partial charge in [-0.3, -0.25) is 9.59 Å². The molecule has 11 heteroatoms. The SMILES string of the molecule is COC(=O)C[C@H]1O[C@H](Br)[C@H](OC)[C@@H](n2cc(-c3cccc(F)c3)nn2)[C@H]1OC(C)=O. The Morgan fingerprint density at radius 1 is 1.30 bits per heavy atom. The first-order valence-corrected chi connectivity index (χ1v) is 9.99. The van der Waals surface area contributed by atoms with Crippen LogP contribution in [-0.2, 0) is 28.5 Å². The Kier molecular flexibility index (Phi) is 7.16. The van der Waals surface area contributed by atoms with Crippen LogP contribution in [0.2, 0.25) is 0 Å². The molecule has 1 fully saturated rings. The summed E-state index contributed by atoms with van der Waals surface area (Å²) in [4.78, 5) is 23.7. The number of benzene rings is 1. The maximum Gasteiger partial charge on any atom is 0.308 e. The van der Waals surface area contributed by atoms with Gasteiger partial charge in [0.2, 0.25) is 0 Å². The molecule has 30 heavy (non-hydrogen) atoms. The van der Waals surface area contributed by atoms with Crippen LogP contribution < -0.4 is 0 Å². The van der Waals surface area contributed by atoms with Crippen molar-refractivity contribution in [3.63, 3.8) is 0 Å². The first-order valence-electron chi connectivity index (χ1n) is 9.08. The molecular weight excluding hydrogens is 465 g/mol. The van der Waals surface area contributed by atoms with Crippen molar-refractivity contribution < 1.29 is 32.9 Å². The predicted octanol–water partition coefficient (Wildman–Crippen LogP) is 2.25.